The van der Waals surface area contributed by atoms with Crippen molar-refractivity contribution in [3.8, 4) is 5.75 Å². The van der Waals surface area contributed by atoms with Crippen LogP contribution in [0.25, 0.3) is 10.1 Å². The van der Waals surface area contributed by atoms with Crippen molar-refractivity contribution in [2.75, 3.05) is 0 Å². The topological polar surface area (TPSA) is 40.5 Å². The zero-order chi connectivity index (χ0) is 9.42. The van der Waals surface area contributed by atoms with Crippen LogP contribution in [0.5, 0.6) is 5.75 Å². The van der Waals surface area contributed by atoms with Gasteiger partial charge in [-0.25, -0.2) is 0 Å². The highest BCUT2D eigenvalue weighted by Gasteiger charge is 2.10. The molecule has 2 nitrogen and oxygen atoms in total. The summed E-state index contributed by atoms with van der Waals surface area (Å²) in [5.74, 6) is 0.174. The molecule has 0 radical (unpaired) electrons. The summed E-state index contributed by atoms with van der Waals surface area (Å²) in [6.45, 7) is -0.0607. The Labute approximate surface area is 84.9 Å². The number of aromatic hydroxyl groups is 1. The van der Waals surface area contributed by atoms with Gasteiger partial charge in [0.05, 0.1) is 10.8 Å². The number of thiol groups is 1. The lowest BCUT2D eigenvalue weighted by Crippen LogP contribution is -1.82. The predicted molar refractivity (Wildman–Crippen MR) is 56.7 cm³/mol. The second-order valence-electron chi connectivity index (χ2n) is 2.70. The highest BCUT2D eigenvalue weighted by atomic mass is 32.2. The number of hydrogen-bond acceptors (Lipinski definition) is 4. The van der Waals surface area contributed by atoms with Crippen molar-refractivity contribution in [3.63, 3.8) is 0 Å². The lowest BCUT2D eigenvalue weighted by Gasteiger charge is -1.98. The largest absolute Gasteiger partial charge is 0.505 e. The Morgan fingerprint density at radius 3 is 2.85 bits per heavy atom. The van der Waals surface area contributed by atoms with Gasteiger partial charge in [0.1, 0.15) is 5.75 Å². The van der Waals surface area contributed by atoms with E-state index in [1.807, 2.05) is 12.1 Å². The van der Waals surface area contributed by atoms with E-state index in [1.54, 1.807) is 6.07 Å². The van der Waals surface area contributed by atoms with Crippen LogP contribution in [0.1, 0.15) is 5.56 Å². The van der Waals surface area contributed by atoms with E-state index in [2.05, 4.69) is 12.6 Å². The van der Waals surface area contributed by atoms with E-state index in [-0.39, 0.29) is 12.4 Å². The Kier molecular flexibility index (Phi) is 2.19. The molecule has 68 valence electrons. The van der Waals surface area contributed by atoms with Crippen LogP contribution in [0.3, 0.4) is 0 Å². The van der Waals surface area contributed by atoms with E-state index in [0.29, 0.717) is 4.21 Å². The third-order valence-electron chi connectivity index (χ3n) is 1.93. The van der Waals surface area contributed by atoms with Gasteiger partial charge in [-0.2, -0.15) is 0 Å². The minimum absolute atomic E-state index is 0.0607. The maximum absolute atomic E-state index is 9.63. The second-order valence-corrected chi connectivity index (χ2v) is 4.51. The zero-order valence-electron chi connectivity index (χ0n) is 6.69. The van der Waals surface area contributed by atoms with Crippen molar-refractivity contribution in [1.29, 1.82) is 0 Å². The van der Waals surface area contributed by atoms with Crippen LogP contribution in [-0.4, -0.2) is 10.2 Å². The van der Waals surface area contributed by atoms with Crippen molar-refractivity contribution in [3.05, 3.63) is 23.8 Å². The maximum Gasteiger partial charge on any atom is 0.147 e. The first-order chi connectivity index (χ1) is 6.24. The fourth-order valence-corrected chi connectivity index (χ4v) is 2.61. The predicted octanol–water partition coefficient (Wildman–Crippen LogP) is 2.39. The van der Waals surface area contributed by atoms with Gasteiger partial charge in [-0.1, -0.05) is 12.1 Å². The summed E-state index contributed by atoms with van der Waals surface area (Å²) < 4.78 is 1.55. The van der Waals surface area contributed by atoms with Gasteiger partial charge in [0.2, 0.25) is 0 Å². The van der Waals surface area contributed by atoms with Gasteiger partial charge in [-0.15, -0.1) is 24.0 Å². The lowest BCUT2D eigenvalue weighted by atomic mass is 10.1. The minimum atomic E-state index is -0.0607. The van der Waals surface area contributed by atoms with Crippen molar-refractivity contribution in [2.45, 2.75) is 10.8 Å². The molecule has 0 aliphatic carbocycles. The number of benzene rings is 1. The second kappa shape index (κ2) is 3.21. The van der Waals surface area contributed by atoms with Crippen LogP contribution < -0.4 is 0 Å². The third kappa shape index (κ3) is 1.31. The molecule has 2 rings (SSSR count). The first-order valence-electron chi connectivity index (χ1n) is 3.77. The Balaban J connectivity index is 2.87. The molecule has 4 heteroatoms. The number of aliphatic hydroxyl groups excluding tert-OH is 1. The van der Waals surface area contributed by atoms with Gasteiger partial charge in [0.25, 0.3) is 0 Å². The lowest BCUT2D eigenvalue weighted by molar-refractivity contribution is 0.283. The summed E-state index contributed by atoms with van der Waals surface area (Å²) in [6, 6.07) is 5.55. The smallest absolute Gasteiger partial charge is 0.147 e. The molecule has 1 aromatic heterocycles. The third-order valence-corrected chi connectivity index (χ3v) is 3.36. The molecule has 2 aromatic rings. The summed E-state index contributed by atoms with van der Waals surface area (Å²) in [5.41, 5.74) is 0.742. The van der Waals surface area contributed by atoms with Gasteiger partial charge >= 0.3 is 0 Å². The van der Waals surface area contributed by atoms with E-state index >= 15 is 0 Å². The van der Waals surface area contributed by atoms with Gasteiger partial charge in [0.15, 0.2) is 0 Å². The van der Waals surface area contributed by atoms with Crippen LogP contribution in [0.2, 0.25) is 0 Å². The average Bonchev–Trinajstić information content (AvgIpc) is 2.43. The fraction of sp³-hybridized carbons (Fsp3) is 0.111. The first-order valence-corrected chi connectivity index (χ1v) is 5.03. The minimum Gasteiger partial charge on any atom is -0.505 e. The average molecular weight is 212 g/mol. The molecule has 2 N–H and O–H groups in total. The standard InChI is InChI=1S/C9H8O2S2/c10-4-5-2-1-3-6-7(5)8(11)9(12)13-6/h1-3,10-12H,4H2. The number of hydrogen-bond donors (Lipinski definition) is 3. The van der Waals surface area contributed by atoms with Gasteiger partial charge in [0, 0.05) is 10.1 Å². The van der Waals surface area contributed by atoms with Crippen LogP contribution in [0.15, 0.2) is 22.4 Å². The summed E-state index contributed by atoms with van der Waals surface area (Å²) in [7, 11) is 0. The zero-order valence-corrected chi connectivity index (χ0v) is 8.40. The molecular formula is C9H8O2S2. The summed E-state index contributed by atoms with van der Waals surface area (Å²) in [6.07, 6.45) is 0. The highest BCUT2D eigenvalue weighted by Crippen LogP contribution is 2.40. The van der Waals surface area contributed by atoms with Crippen LogP contribution in [0.4, 0.5) is 0 Å². The van der Waals surface area contributed by atoms with E-state index in [0.717, 1.165) is 15.6 Å². The van der Waals surface area contributed by atoms with Gasteiger partial charge < -0.3 is 10.2 Å². The number of aliphatic hydroxyl groups is 1. The Hall–Kier alpha value is -0.710. The van der Waals surface area contributed by atoms with E-state index in [9.17, 15) is 5.11 Å². The van der Waals surface area contributed by atoms with Gasteiger partial charge in [-0.3, -0.25) is 0 Å². The van der Waals surface area contributed by atoms with E-state index < -0.39 is 0 Å². The van der Waals surface area contributed by atoms with Crippen molar-refractivity contribution < 1.29 is 10.2 Å². The van der Waals surface area contributed by atoms with Crippen LogP contribution in [-0.2, 0) is 6.61 Å². The van der Waals surface area contributed by atoms with Gasteiger partial charge in [-0.05, 0) is 11.6 Å². The van der Waals surface area contributed by atoms with Crippen LogP contribution in [0, 0.1) is 0 Å². The molecule has 0 spiro atoms. The monoisotopic (exact) mass is 212 g/mol. The maximum atomic E-state index is 9.63. The molecule has 1 heterocycles. The van der Waals surface area contributed by atoms with E-state index in [4.69, 9.17) is 5.11 Å². The Morgan fingerprint density at radius 1 is 1.38 bits per heavy atom. The SMILES string of the molecule is OCc1cccc2sc(S)c(O)c12. The Morgan fingerprint density at radius 2 is 2.15 bits per heavy atom. The summed E-state index contributed by atoms with van der Waals surface area (Å²) in [5, 5.41) is 19.4. The first kappa shape index (κ1) is 8.87. The normalized spacial score (nSPS) is 10.9. The molecule has 0 unspecified atom stereocenters. The molecule has 0 aliphatic rings. The molecule has 0 saturated carbocycles. The summed E-state index contributed by atoms with van der Waals surface area (Å²) >= 11 is 5.54. The Bertz CT molecular complexity index is 448. The molecule has 0 atom stereocenters. The van der Waals surface area contributed by atoms with Crippen LogP contribution >= 0.6 is 24.0 Å². The molecule has 0 fully saturated rings. The van der Waals surface area contributed by atoms with Crippen molar-refractivity contribution in [1.82, 2.24) is 0 Å². The highest BCUT2D eigenvalue weighted by molar-refractivity contribution is 7.83. The molecule has 0 amide bonds. The molecular weight excluding hydrogens is 204 g/mol. The number of thiophene rings is 1. The molecule has 13 heavy (non-hydrogen) atoms. The molecule has 1 aromatic carbocycles. The quantitative estimate of drug-likeness (QED) is 0.635. The van der Waals surface area contributed by atoms with E-state index in [1.165, 1.54) is 11.3 Å². The fourth-order valence-electron chi connectivity index (χ4n) is 1.32. The summed E-state index contributed by atoms with van der Waals surface area (Å²) in [4.78, 5) is 0. The molecule has 0 aliphatic heterocycles. The number of rotatable bonds is 1. The molecule has 0 saturated heterocycles. The molecule has 0 bridgehead atoms. The van der Waals surface area contributed by atoms with Crippen molar-refractivity contribution >= 4 is 34.1 Å². The number of fused-ring (bicyclic) bond motifs is 1. The van der Waals surface area contributed by atoms with Crippen molar-refractivity contribution in [2.24, 2.45) is 0 Å².